The Labute approximate surface area is 60.6 Å². The SMILES string of the molecule is CC1CCC(O)CN1C=O. The summed E-state index contributed by atoms with van der Waals surface area (Å²) in [6.45, 7) is 2.50. The fourth-order valence-corrected chi connectivity index (χ4v) is 1.26. The Balaban J connectivity index is 2.45. The van der Waals surface area contributed by atoms with E-state index in [0.29, 0.717) is 12.6 Å². The van der Waals surface area contributed by atoms with Crippen molar-refractivity contribution < 1.29 is 9.90 Å². The minimum Gasteiger partial charge on any atom is -0.391 e. The molecule has 0 aromatic carbocycles. The molecule has 0 radical (unpaired) electrons. The number of likely N-dealkylation sites (tertiary alicyclic amines) is 1. The Morgan fingerprint density at radius 3 is 2.80 bits per heavy atom. The highest BCUT2D eigenvalue weighted by Gasteiger charge is 2.21. The van der Waals surface area contributed by atoms with E-state index >= 15 is 0 Å². The van der Waals surface area contributed by atoms with Crippen LogP contribution in [0.1, 0.15) is 19.8 Å². The fourth-order valence-electron chi connectivity index (χ4n) is 1.26. The van der Waals surface area contributed by atoms with Crippen LogP contribution in [0.4, 0.5) is 0 Å². The summed E-state index contributed by atoms with van der Waals surface area (Å²) in [7, 11) is 0. The normalized spacial score (nSPS) is 34.0. The van der Waals surface area contributed by atoms with Crippen molar-refractivity contribution in [3.8, 4) is 0 Å². The first-order valence-electron chi connectivity index (χ1n) is 3.63. The van der Waals surface area contributed by atoms with Crippen LogP contribution in [0.2, 0.25) is 0 Å². The molecule has 1 rings (SSSR count). The molecule has 1 N–H and O–H groups in total. The maximum Gasteiger partial charge on any atom is 0.210 e. The van der Waals surface area contributed by atoms with Gasteiger partial charge in [-0.15, -0.1) is 0 Å². The highest BCUT2D eigenvalue weighted by molar-refractivity contribution is 5.47. The van der Waals surface area contributed by atoms with E-state index in [4.69, 9.17) is 5.11 Å². The van der Waals surface area contributed by atoms with Gasteiger partial charge in [-0.05, 0) is 19.8 Å². The number of hydrogen-bond donors (Lipinski definition) is 1. The molecule has 1 amide bonds. The molecule has 10 heavy (non-hydrogen) atoms. The van der Waals surface area contributed by atoms with E-state index in [0.717, 1.165) is 19.3 Å². The van der Waals surface area contributed by atoms with Crippen LogP contribution >= 0.6 is 0 Å². The second-order valence-electron chi connectivity index (χ2n) is 2.88. The summed E-state index contributed by atoms with van der Waals surface area (Å²) in [5.41, 5.74) is 0. The van der Waals surface area contributed by atoms with E-state index in [9.17, 15) is 4.79 Å². The van der Waals surface area contributed by atoms with Crippen molar-refractivity contribution in [1.82, 2.24) is 4.90 Å². The van der Waals surface area contributed by atoms with E-state index < -0.39 is 0 Å². The van der Waals surface area contributed by atoms with E-state index in [-0.39, 0.29) is 6.10 Å². The highest BCUT2D eigenvalue weighted by Crippen LogP contribution is 2.14. The van der Waals surface area contributed by atoms with Crippen molar-refractivity contribution in [3.05, 3.63) is 0 Å². The predicted octanol–water partition coefficient (Wildman–Crippen LogP) is -0.0120. The van der Waals surface area contributed by atoms with Crippen LogP contribution in [-0.4, -0.2) is 35.1 Å². The van der Waals surface area contributed by atoms with Crippen LogP contribution in [0.15, 0.2) is 0 Å². The topological polar surface area (TPSA) is 40.5 Å². The van der Waals surface area contributed by atoms with Crippen LogP contribution in [0, 0.1) is 0 Å². The van der Waals surface area contributed by atoms with Gasteiger partial charge in [0, 0.05) is 12.6 Å². The zero-order valence-electron chi connectivity index (χ0n) is 6.16. The predicted molar refractivity (Wildman–Crippen MR) is 37.5 cm³/mol. The number of carbonyl (C=O) groups excluding carboxylic acids is 1. The zero-order valence-corrected chi connectivity index (χ0v) is 6.16. The van der Waals surface area contributed by atoms with E-state index in [1.165, 1.54) is 0 Å². The molecule has 1 aliphatic rings. The van der Waals surface area contributed by atoms with Gasteiger partial charge in [0.15, 0.2) is 0 Å². The minimum atomic E-state index is -0.304. The van der Waals surface area contributed by atoms with Crippen LogP contribution in [0.25, 0.3) is 0 Å². The van der Waals surface area contributed by atoms with Crippen LogP contribution in [0.3, 0.4) is 0 Å². The lowest BCUT2D eigenvalue weighted by Gasteiger charge is -2.32. The van der Waals surface area contributed by atoms with Gasteiger partial charge in [-0.1, -0.05) is 0 Å². The molecule has 1 aliphatic heterocycles. The lowest BCUT2D eigenvalue weighted by atomic mass is 10.0. The molecule has 1 heterocycles. The monoisotopic (exact) mass is 143 g/mol. The summed E-state index contributed by atoms with van der Waals surface area (Å²) in [6, 6.07) is 0.306. The third-order valence-corrected chi connectivity index (χ3v) is 2.04. The molecule has 0 bridgehead atoms. The quantitative estimate of drug-likeness (QED) is 0.524. The lowest BCUT2D eigenvalue weighted by Crippen LogP contribution is -2.42. The third-order valence-electron chi connectivity index (χ3n) is 2.04. The molecule has 1 fully saturated rings. The molecule has 3 nitrogen and oxygen atoms in total. The van der Waals surface area contributed by atoms with Crippen LogP contribution in [0.5, 0.6) is 0 Å². The Morgan fingerprint density at radius 1 is 1.60 bits per heavy atom. The Kier molecular flexibility index (Phi) is 2.27. The maximum atomic E-state index is 10.3. The van der Waals surface area contributed by atoms with Crippen molar-refractivity contribution in [2.75, 3.05) is 6.54 Å². The molecule has 2 unspecified atom stereocenters. The van der Waals surface area contributed by atoms with Crippen molar-refractivity contribution in [2.24, 2.45) is 0 Å². The van der Waals surface area contributed by atoms with Crippen molar-refractivity contribution >= 4 is 6.41 Å². The summed E-state index contributed by atoms with van der Waals surface area (Å²) in [5.74, 6) is 0. The summed E-state index contributed by atoms with van der Waals surface area (Å²) < 4.78 is 0. The molecule has 2 atom stereocenters. The number of β-amino-alcohol motifs (C(OH)–C–C–N with tert-alkyl or cyclic N) is 1. The van der Waals surface area contributed by atoms with Crippen molar-refractivity contribution in [3.63, 3.8) is 0 Å². The highest BCUT2D eigenvalue weighted by atomic mass is 16.3. The van der Waals surface area contributed by atoms with Gasteiger partial charge in [-0.3, -0.25) is 4.79 Å². The Hall–Kier alpha value is -0.570. The zero-order chi connectivity index (χ0) is 7.56. The minimum absolute atomic E-state index is 0.304. The van der Waals surface area contributed by atoms with Gasteiger partial charge in [0.1, 0.15) is 0 Å². The van der Waals surface area contributed by atoms with Crippen LogP contribution in [-0.2, 0) is 4.79 Å². The Bertz CT molecular complexity index is 127. The summed E-state index contributed by atoms with van der Waals surface area (Å²) in [5, 5.41) is 9.13. The van der Waals surface area contributed by atoms with Crippen molar-refractivity contribution in [2.45, 2.75) is 31.9 Å². The molecule has 0 saturated carbocycles. The maximum absolute atomic E-state index is 10.3. The first-order chi connectivity index (χ1) is 4.74. The fraction of sp³-hybridized carbons (Fsp3) is 0.857. The smallest absolute Gasteiger partial charge is 0.210 e. The van der Waals surface area contributed by atoms with Crippen LogP contribution < -0.4 is 0 Å². The number of aliphatic hydroxyl groups excluding tert-OH is 1. The number of rotatable bonds is 1. The molecule has 3 heteroatoms. The van der Waals surface area contributed by atoms with Gasteiger partial charge in [-0.25, -0.2) is 0 Å². The van der Waals surface area contributed by atoms with E-state index in [2.05, 4.69) is 0 Å². The molecular weight excluding hydrogens is 130 g/mol. The molecular formula is C7H13NO2. The summed E-state index contributed by atoms with van der Waals surface area (Å²) >= 11 is 0. The second kappa shape index (κ2) is 3.01. The molecule has 0 aliphatic carbocycles. The van der Waals surface area contributed by atoms with E-state index in [1.54, 1.807) is 4.90 Å². The number of nitrogens with zero attached hydrogens (tertiary/aromatic N) is 1. The largest absolute Gasteiger partial charge is 0.391 e. The van der Waals surface area contributed by atoms with Gasteiger partial charge in [0.2, 0.25) is 6.41 Å². The van der Waals surface area contributed by atoms with Gasteiger partial charge >= 0.3 is 0 Å². The first-order valence-corrected chi connectivity index (χ1v) is 3.63. The summed E-state index contributed by atoms with van der Waals surface area (Å²) in [4.78, 5) is 12.0. The van der Waals surface area contributed by atoms with Gasteiger partial charge in [0.25, 0.3) is 0 Å². The number of aliphatic hydroxyl groups is 1. The van der Waals surface area contributed by atoms with Gasteiger partial charge < -0.3 is 10.0 Å². The second-order valence-corrected chi connectivity index (χ2v) is 2.88. The van der Waals surface area contributed by atoms with Crippen molar-refractivity contribution in [1.29, 1.82) is 0 Å². The lowest BCUT2D eigenvalue weighted by molar-refractivity contribution is -0.123. The number of amides is 1. The number of carbonyl (C=O) groups is 1. The van der Waals surface area contributed by atoms with E-state index in [1.807, 2.05) is 6.92 Å². The first kappa shape index (κ1) is 7.54. The van der Waals surface area contributed by atoms with Gasteiger partial charge in [0.05, 0.1) is 6.10 Å². The molecule has 58 valence electrons. The average Bonchev–Trinajstić information content (AvgIpc) is 1.94. The third kappa shape index (κ3) is 1.48. The molecule has 0 aromatic heterocycles. The summed E-state index contributed by atoms with van der Waals surface area (Å²) in [6.07, 6.45) is 2.25. The molecule has 0 aromatic rings. The van der Waals surface area contributed by atoms with Gasteiger partial charge in [-0.2, -0.15) is 0 Å². The standard InChI is InChI=1S/C7H13NO2/c1-6-2-3-7(10)4-8(6)5-9/h5-7,10H,2-4H2,1H3. The number of hydrogen-bond acceptors (Lipinski definition) is 2. The number of piperidine rings is 1. The molecule has 0 spiro atoms. The molecule has 1 saturated heterocycles. The Morgan fingerprint density at radius 2 is 2.30 bits per heavy atom. The average molecular weight is 143 g/mol.